The molecule has 0 saturated carbocycles. The summed E-state index contributed by atoms with van der Waals surface area (Å²) in [5, 5.41) is 1.48. The van der Waals surface area contributed by atoms with Gasteiger partial charge in [0.25, 0.3) is 0 Å². The van der Waals surface area contributed by atoms with Crippen molar-refractivity contribution in [2.24, 2.45) is 5.73 Å². The molecule has 2 N–H and O–H groups in total. The summed E-state index contributed by atoms with van der Waals surface area (Å²) < 4.78 is 0. The van der Waals surface area contributed by atoms with Crippen LogP contribution in [-0.4, -0.2) is 6.54 Å². The molecule has 0 heterocycles. The van der Waals surface area contributed by atoms with Gasteiger partial charge in [0.2, 0.25) is 0 Å². The largest absolute Gasteiger partial charge is 0.330 e. The van der Waals surface area contributed by atoms with Gasteiger partial charge >= 0.3 is 0 Å². The van der Waals surface area contributed by atoms with E-state index in [1.165, 1.54) is 0 Å². The Labute approximate surface area is 114 Å². The van der Waals surface area contributed by atoms with Crippen molar-refractivity contribution < 1.29 is 0 Å². The quantitative estimate of drug-likeness (QED) is 0.793. The topological polar surface area (TPSA) is 26.0 Å². The first-order chi connectivity index (χ1) is 8.11. The summed E-state index contributed by atoms with van der Waals surface area (Å²) in [6.45, 7) is 4.94. The van der Waals surface area contributed by atoms with Gasteiger partial charge in [-0.2, -0.15) is 0 Å². The van der Waals surface area contributed by atoms with Crippen LogP contribution in [0, 0.1) is 0 Å². The van der Waals surface area contributed by atoms with E-state index in [2.05, 4.69) is 13.8 Å². The SMILES string of the molecule is CCCC(CN)(CCC)c1c(Cl)cccc1Cl. The Hall–Kier alpha value is -0.240. The van der Waals surface area contributed by atoms with Crippen LogP contribution in [0.3, 0.4) is 0 Å². The van der Waals surface area contributed by atoms with Gasteiger partial charge in [-0.15, -0.1) is 0 Å². The average Bonchev–Trinajstić information content (AvgIpc) is 2.29. The van der Waals surface area contributed by atoms with E-state index in [1.807, 2.05) is 18.2 Å². The normalized spacial score (nSPS) is 11.8. The molecule has 0 bridgehead atoms. The number of benzene rings is 1. The molecule has 3 heteroatoms. The molecule has 0 aromatic heterocycles. The van der Waals surface area contributed by atoms with E-state index in [0.717, 1.165) is 41.3 Å². The third kappa shape index (κ3) is 3.15. The van der Waals surface area contributed by atoms with Crippen molar-refractivity contribution in [1.29, 1.82) is 0 Å². The van der Waals surface area contributed by atoms with Crippen LogP contribution in [-0.2, 0) is 5.41 Å². The Kier molecular flexibility index (Phi) is 5.78. The second-order valence-electron chi connectivity index (χ2n) is 4.58. The summed E-state index contributed by atoms with van der Waals surface area (Å²) in [4.78, 5) is 0. The van der Waals surface area contributed by atoms with Crippen molar-refractivity contribution in [3.8, 4) is 0 Å². The molecule has 1 nitrogen and oxygen atoms in total. The zero-order valence-electron chi connectivity index (χ0n) is 10.6. The molecule has 1 aromatic carbocycles. The molecule has 0 aliphatic heterocycles. The van der Waals surface area contributed by atoms with Gasteiger partial charge in [-0.3, -0.25) is 0 Å². The van der Waals surface area contributed by atoms with E-state index in [4.69, 9.17) is 28.9 Å². The molecule has 0 aliphatic carbocycles. The van der Waals surface area contributed by atoms with Crippen LogP contribution in [0.5, 0.6) is 0 Å². The monoisotopic (exact) mass is 273 g/mol. The summed E-state index contributed by atoms with van der Waals surface area (Å²) >= 11 is 12.6. The van der Waals surface area contributed by atoms with Gasteiger partial charge in [0.1, 0.15) is 0 Å². The number of hydrogen-bond acceptors (Lipinski definition) is 1. The molecule has 1 rings (SSSR count). The molecule has 1 aromatic rings. The van der Waals surface area contributed by atoms with Crippen LogP contribution < -0.4 is 5.73 Å². The minimum atomic E-state index is -0.0705. The number of hydrogen-bond donors (Lipinski definition) is 1. The summed E-state index contributed by atoms with van der Waals surface area (Å²) in [7, 11) is 0. The van der Waals surface area contributed by atoms with Gasteiger partial charge in [-0.05, 0) is 30.5 Å². The van der Waals surface area contributed by atoms with Gasteiger partial charge in [-0.25, -0.2) is 0 Å². The van der Waals surface area contributed by atoms with Crippen molar-refractivity contribution in [2.45, 2.75) is 44.9 Å². The summed E-state index contributed by atoms with van der Waals surface area (Å²) in [6, 6.07) is 5.68. The first kappa shape index (κ1) is 14.8. The van der Waals surface area contributed by atoms with Crippen molar-refractivity contribution in [2.75, 3.05) is 6.54 Å². The van der Waals surface area contributed by atoms with E-state index < -0.39 is 0 Å². The zero-order valence-corrected chi connectivity index (χ0v) is 12.1. The third-order valence-electron chi connectivity index (χ3n) is 3.34. The van der Waals surface area contributed by atoms with Gasteiger partial charge in [0, 0.05) is 22.0 Å². The minimum absolute atomic E-state index is 0.0705. The van der Waals surface area contributed by atoms with Crippen LogP contribution in [0.1, 0.15) is 45.1 Å². The molecule has 0 fully saturated rings. The fourth-order valence-corrected chi connectivity index (χ4v) is 3.44. The van der Waals surface area contributed by atoms with Crippen LogP contribution in [0.15, 0.2) is 18.2 Å². The van der Waals surface area contributed by atoms with Crippen molar-refractivity contribution in [1.82, 2.24) is 0 Å². The molecule has 0 unspecified atom stereocenters. The predicted molar refractivity (Wildman–Crippen MR) is 77.0 cm³/mol. The fourth-order valence-electron chi connectivity index (χ4n) is 2.64. The van der Waals surface area contributed by atoms with Crippen molar-refractivity contribution >= 4 is 23.2 Å². The number of halogens is 2. The molecule has 0 radical (unpaired) electrons. The number of nitrogens with two attached hydrogens (primary N) is 1. The number of rotatable bonds is 6. The smallest absolute Gasteiger partial charge is 0.0459 e. The highest BCUT2D eigenvalue weighted by molar-refractivity contribution is 6.36. The zero-order chi connectivity index (χ0) is 12.9. The molecule has 17 heavy (non-hydrogen) atoms. The van der Waals surface area contributed by atoms with Gasteiger partial charge in [0.05, 0.1) is 0 Å². The highest BCUT2D eigenvalue weighted by Crippen LogP contribution is 2.41. The van der Waals surface area contributed by atoms with Crippen LogP contribution in [0.4, 0.5) is 0 Å². The molecule has 0 saturated heterocycles. The molecular formula is C14H21Cl2N. The van der Waals surface area contributed by atoms with E-state index in [9.17, 15) is 0 Å². The Morgan fingerprint density at radius 3 is 1.88 bits per heavy atom. The lowest BCUT2D eigenvalue weighted by Gasteiger charge is -2.34. The Balaban J connectivity index is 3.29. The first-order valence-corrected chi connectivity index (χ1v) is 7.01. The highest BCUT2D eigenvalue weighted by atomic mass is 35.5. The maximum Gasteiger partial charge on any atom is 0.0459 e. The maximum absolute atomic E-state index is 6.32. The lowest BCUT2D eigenvalue weighted by molar-refractivity contribution is 0.366. The molecule has 0 amide bonds. The molecule has 0 atom stereocenters. The average molecular weight is 274 g/mol. The second-order valence-corrected chi connectivity index (χ2v) is 5.40. The molecule has 0 aliphatic rings. The van der Waals surface area contributed by atoms with E-state index >= 15 is 0 Å². The second kappa shape index (κ2) is 6.63. The summed E-state index contributed by atoms with van der Waals surface area (Å²) in [5.74, 6) is 0. The standard InChI is InChI=1S/C14H21Cl2N/c1-3-8-14(10-17,9-4-2)13-11(15)6-5-7-12(13)16/h5-7H,3-4,8-10,17H2,1-2H3. The summed E-state index contributed by atoms with van der Waals surface area (Å²) in [5.41, 5.74) is 7.00. The Bertz CT molecular complexity index is 337. The van der Waals surface area contributed by atoms with Crippen LogP contribution >= 0.6 is 23.2 Å². The molecule has 0 spiro atoms. The van der Waals surface area contributed by atoms with E-state index in [0.29, 0.717) is 6.54 Å². The predicted octanol–water partition coefficient (Wildman–Crippen LogP) is 4.79. The van der Waals surface area contributed by atoms with E-state index in [-0.39, 0.29) is 5.41 Å². The molecular weight excluding hydrogens is 253 g/mol. The van der Waals surface area contributed by atoms with Crippen molar-refractivity contribution in [3.05, 3.63) is 33.8 Å². The van der Waals surface area contributed by atoms with E-state index in [1.54, 1.807) is 0 Å². The minimum Gasteiger partial charge on any atom is -0.330 e. The van der Waals surface area contributed by atoms with Crippen LogP contribution in [0.25, 0.3) is 0 Å². The third-order valence-corrected chi connectivity index (χ3v) is 3.97. The van der Waals surface area contributed by atoms with Crippen molar-refractivity contribution in [3.63, 3.8) is 0 Å². The maximum atomic E-state index is 6.32. The van der Waals surface area contributed by atoms with Gasteiger partial charge < -0.3 is 5.73 Å². The lowest BCUT2D eigenvalue weighted by atomic mass is 9.73. The van der Waals surface area contributed by atoms with Gasteiger partial charge in [-0.1, -0.05) is 56.0 Å². The van der Waals surface area contributed by atoms with Gasteiger partial charge in [0.15, 0.2) is 0 Å². The first-order valence-electron chi connectivity index (χ1n) is 6.26. The Morgan fingerprint density at radius 1 is 1.06 bits per heavy atom. The molecule has 96 valence electrons. The lowest BCUT2D eigenvalue weighted by Crippen LogP contribution is -2.35. The summed E-state index contributed by atoms with van der Waals surface area (Å²) in [6.07, 6.45) is 4.22. The van der Waals surface area contributed by atoms with Crippen LogP contribution in [0.2, 0.25) is 10.0 Å². The fraction of sp³-hybridized carbons (Fsp3) is 0.571. The highest BCUT2D eigenvalue weighted by Gasteiger charge is 2.32. The Morgan fingerprint density at radius 2 is 1.53 bits per heavy atom.